The fraction of sp³-hybridized carbons (Fsp3) is 0.857. The van der Waals surface area contributed by atoms with Gasteiger partial charge < -0.3 is 11.3 Å². The molecule has 0 heterocycles. The van der Waals surface area contributed by atoms with Gasteiger partial charge in [0.1, 0.15) is 6.61 Å². The van der Waals surface area contributed by atoms with Crippen LogP contribution in [0.15, 0.2) is 0 Å². The van der Waals surface area contributed by atoms with Crippen molar-refractivity contribution in [2.45, 2.75) is 13.8 Å². The molecule has 0 aromatic rings. The molecule has 8 heteroatoms. The van der Waals surface area contributed by atoms with Crippen molar-refractivity contribution >= 4 is 16.1 Å². The van der Waals surface area contributed by atoms with Crippen LogP contribution in [0.25, 0.3) is 0 Å². The zero-order chi connectivity index (χ0) is 11.4. The molecular formula is C7H15NaO6S. The van der Waals surface area contributed by atoms with E-state index < -0.39 is 27.3 Å². The molecule has 6 nitrogen and oxygen atoms in total. The Bertz CT molecular complexity index is 302. The van der Waals surface area contributed by atoms with Crippen LogP contribution in [0.4, 0.5) is 0 Å². The molecule has 0 aromatic heterocycles. The van der Waals surface area contributed by atoms with Gasteiger partial charge in [0, 0.05) is 0 Å². The molecule has 0 aliphatic rings. The second kappa shape index (κ2) is 6.82. The van der Waals surface area contributed by atoms with Gasteiger partial charge in [-0.3, -0.25) is 9.35 Å². The van der Waals surface area contributed by atoms with Crippen LogP contribution in [0.2, 0.25) is 0 Å². The molecule has 2 N–H and O–H groups in total. The van der Waals surface area contributed by atoms with Crippen LogP contribution < -0.4 is 29.6 Å². The Balaban J connectivity index is -0.000000845. The molecule has 0 aliphatic heterocycles. The summed E-state index contributed by atoms with van der Waals surface area (Å²) in [6.07, 6.45) is 0. The van der Waals surface area contributed by atoms with Crippen molar-refractivity contribution in [3.8, 4) is 0 Å². The maximum absolute atomic E-state index is 11.2. The molecule has 86 valence electrons. The molecule has 0 aliphatic carbocycles. The maximum Gasteiger partial charge on any atom is 1.00 e. The SMILES string of the molecule is CC(C)(CS(=O)(=O)O)C(=O)OCCO.[H-].[Na+]. The van der Waals surface area contributed by atoms with Crippen LogP contribution in [0, 0.1) is 5.41 Å². The second-order valence-corrected chi connectivity index (χ2v) is 4.92. The first-order valence-electron chi connectivity index (χ1n) is 3.92. The van der Waals surface area contributed by atoms with Crippen LogP contribution in [-0.4, -0.2) is 43.0 Å². The third-order valence-corrected chi connectivity index (χ3v) is 2.51. The predicted octanol–water partition coefficient (Wildman–Crippen LogP) is -3.45. The third-order valence-electron chi connectivity index (χ3n) is 1.42. The number of hydrogen-bond donors (Lipinski definition) is 2. The van der Waals surface area contributed by atoms with E-state index in [1.807, 2.05) is 0 Å². The number of aliphatic hydroxyl groups excluding tert-OH is 1. The summed E-state index contributed by atoms with van der Waals surface area (Å²) < 4.78 is 34.1. The van der Waals surface area contributed by atoms with Gasteiger partial charge in [-0.25, -0.2) is 0 Å². The largest absolute Gasteiger partial charge is 1.00 e. The summed E-state index contributed by atoms with van der Waals surface area (Å²) in [7, 11) is -4.22. The van der Waals surface area contributed by atoms with Crippen LogP contribution >= 0.6 is 0 Å². The van der Waals surface area contributed by atoms with E-state index in [0.29, 0.717) is 0 Å². The monoisotopic (exact) mass is 250 g/mol. The molecule has 0 radical (unpaired) electrons. The smallest absolute Gasteiger partial charge is 1.00 e. The van der Waals surface area contributed by atoms with E-state index in [1.165, 1.54) is 13.8 Å². The molecule has 0 saturated carbocycles. The minimum atomic E-state index is -4.22. The normalized spacial score (nSPS) is 11.7. The van der Waals surface area contributed by atoms with Crippen molar-refractivity contribution < 1.29 is 58.6 Å². The van der Waals surface area contributed by atoms with Crippen molar-refractivity contribution in [3.05, 3.63) is 0 Å². The Hall–Kier alpha value is 0.340. The Morgan fingerprint density at radius 1 is 1.47 bits per heavy atom. The van der Waals surface area contributed by atoms with E-state index in [1.54, 1.807) is 0 Å². The minimum absolute atomic E-state index is 0. The molecule has 0 fully saturated rings. The summed E-state index contributed by atoms with van der Waals surface area (Å²) in [5.41, 5.74) is -1.32. The number of esters is 1. The van der Waals surface area contributed by atoms with Crippen LogP contribution in [0.1, 0.15) is 15.3 Å². The Morgan fingerprint density at radius 2 is 1.93 bits per heavy atom. The zero-order valence-electron chi connectivity index (χ0n) is 10.1. The van der Waals surface area contributed by atoms with Crippen LogP contribution in [-0.2, 0) is 19.6 Å². The topological polar surface area (TPSA) is 101 Å². The first kappa shape index (κ1) is 17.7. The molecule has 0 bridgehead atoms. The number of rotatable bonds is 5. The summed E-state index contributed by atoms with van der Waals surface area (Å²) in [6, 6.07) is 0. The van der Waals surface area contributed by atoms with Gasteiger partial charge >= 0.3 is 35.5 Å². The standard InChI is InChI=1S/C7H14O6S.Na.H/c1-7(2,5-14(10,11)12)6(9)13-4-3-8;;/h8H,3-5H2,1-2H3,(H,10,11,12);;/q;+1;-1. The van der Waals surface area contributed by atoms with Crippen molar-refractivity contribution in [2.75, 3.05) is 19.0 Å². The van der Waals surface area contributed by atoms with Crippen molar-refractivity contribution in [1.29, 1.82) is 0 Å². The summed E-state index contributed by atoms with van der Waals surface area (Å²) in [6.45, 7) is 2.16. The summed E-state index contributed by atoms with van der Waals surface area (Å²) in [5, 5.41) is 8.37. The van der Waals surface area contributed by atoms with Crippen LogP contribution in [0.3, 0.4) is 0 Å². The van der Waals surface area contributed by atoms with Gasteiger partial charge in [0.2, 0.25) is 0 Å². The van der Waals surface area contributed by atoms with Gasteiger partial charge in [0.05, 0.1) is 17.8 Å². The third kappa shape index (κ3) is 8.18. The molecule has 0 aromatic carbocycles. The molecule has 0 spiro atoms. The predicted molar refractivity (Wildman–Crippen MR) is 49.4 cm³/mol. The number of hydrogen-bond acceptors (Lipinski definition) is 5. The van der Waals surface area contributed by atoms with Gasteiger partial charge in [-0.15, -0.1) is 0 Å². The molecule has 0 amide bonds. The first-order valence-corrected chi connectivity index (χ1v) is 5.53. The quantitative estimate of drug-likeness (QED) is 0.299. The fourth-order valence-corrected chi connectivity index (χ4v) is 1.88. The van der Waals surface area contributed by atoms with E-state index in [2.05, 4.69) is 4.74 Å². The summed E-state index contributed by atoms with van der Waals surface area (Å²) >= 11 is 0. The van der Waals surface area contributed by atoms with Crippen molar-refractivity contribution in [3.63, 3.8) is 0 Å². The van der Waals surface area contributed by atoms with Crippen molar-refractivity contribution in [1.82, 2.24) is 0 Å². The second-order valence-electron chi connectivity index (χ2n) is 3.47. The molecule has 0 atom stereocenters. The fourth-order valence-electron chi connectivity index (χ4n) is 0.849. The number of ether oxygens (including phenoxy) is 1. The maximum atomic E-state index is 11.2. The Kier molecular flexibility index (Phi) is 8.06. The Morgan fingerprint density at radius 3 is 2.27 bits per heavy atom. The summed E-state index contributed by atoms with van der Waals surface area (Å²) in [5.74, 6) is -1.48. The zero-order valence-corrected chi connectivity index (χ0v) is 11.9. The van der Waals surface area contributed by atoms with Gasteiger partial charge in [0.25, 0.3) is 10.1 Å². The molecule has 15 heavy (non-hydrogen) atoms. The van der Waals surface area contributed by atoms with E-state index in [0.717, 1.165) is 0 Å². The average molecular weight is 250 g/mol. The molecule has 0 rings (SSSR count). The number of aliphatic hydroxyl groups is 1. The van der Waals surface area contributed by atoms with Gasteiger partial charge in [-0.1, -0.05) is 0 Å². The van der Waals surface area contributed by atoms with E-state index >= 15 is 0 Å². The van der Waals surface area contributed by atoms with E-state index in [-0.39, 0.29) is 44.2 Å². The van der Waals surface area contributed by atoms with Crippen LogP contribution in [0.5, 0.6) is 0 Å². The number of carbonyl (C=O) groups excluding carboxylic acids is 1. The van der Waals surface area contributed by atoms with Gasteiger partial charge in [0.15, 0.2) is 0 Å². The molecule has 0 unspecified atom stereocenters. The Labute approximate surface area is 113 Å². The first-order chi connectivity index (χ1) is 6.19. The summed E-state index contributed by atoms with van der Waals surface area (Å²) in [4.78, 5) is 11.2. The van der Waals surface area contributed by atoms with Gasteiger partial charge in [-0.05, 0) is 13.8 Å². The minimum Gasteiger partial charge on any atom is -1.00 e. The molecular weight excluding hydrogens is 235 g/mol. The van der Waals surface area contributed by atoms with E-state index in [9.17, 15) is 13.2 Å². The average Bonchev–Trinajstić information content (AvgIpc) is 1.95. The van der Waals surface area contributed by atoms with Crippen molar-refractivity contribution in [2.24, 2.45) is 5.41 Å². The van der Waals surface area contributed by atoms with Gasteiger partial charge in [-0.2, -0.15) is 8.42 Å². The molecule has 0 saturated heterocycles. The number of carbonyl (C=O) groups is 1. The van der Waals surface area contributed by atoms with E-state index in [4.69, 9.17) is 9.66 Å².